The van der Waals surface area contributed by atoms with Crippen LogP contribution in [0.1, 0.15) is 11.1 Å². The van der Waals surface area contributed by atoms with Crippen molar-refractivity contribution in [3.63, 3.8) is 0 Å². The van der Waals surface area contributed by atoms with E-state index in [-0.39, 0.29) is 12.1 Å². The van der Waals surface area contributed by atoms with Gasteiger partial charge in [-0.2, -0.15) is 26.3 Å². The van der Waals surface area contributed by atoms with Gasteiger partial charge in [0.1, 0.15) is 11.5 Å². The monoisotopic (exact) mass is 534 g/mol. The van der Waals surface area contributed by atoms with Crippen molar-refractivity contribution in [3.8, 4) is 33.8 Å². The van der Waals surface area contributed by atoms with E-state index in [1.807, 2.05) is 0 Å². The highest BCUT2D eigenvalue weighted by Gasteiger charge is 2.40. The number of benzene rings is 3. The third kappa shape index (κ3) is 6.76. The molecule has 194 valence electrons. The molecule has 0 aliphatic carbocycles. The molecule has 0 amide bonds. The number of hydrogen-bond donors (Lipinski definition) is 0. The van der Waals surface area contributed by atoms with Gasteiger partial charge < -0.3 is 9.47 Å². The zero-order chi connectivity index (χ0) is 27.1. The molecule has 0 spiro atoms. The summed E-state index contributed by atoms with van der Waals surface area (Å²) < 4.78 is 165. The van der Waals surface area contributed by atoms with Crippen LogP contribution in [0.2, 0.25) is 0 Å². The van der Waals surface area contributed by atoms with Crippen molar-refractivity contribution >= 4 is 0 Å². The van der Waals surface area contributed by atoms with Crippen molar-refractivity contribution in [1.82, 2.24) is 0 Å². The largest absolute Gasteiger partial charge is 0.573 e. The van der Waals surface area contributed by atoms with Gasteiger partial charge in [-0.25, -0.2) is 0 Å². The Hall–Kier alpha value is -3.58. The molecular weight excluding hydrogens is 524 g/mol. The highest BCUT2D eigenvalue weighted by atomic mass is 19.4. The number of ether oxygens (including phenoxy) is 2. The number of halogens is 12. The molecule has 0 heterocycles. The lowest BCUT2D eigenvalue weighted by Gasteiger charge is -2.21. The summed E-state index contributed by atoms with van der Waals surface area (Å²) in [6.45, 7) is 0. The Kier molecular flexibility index (Phi) is 6.85. The smallest absolute Gasteiger partial charge is 0.406 e. The predicted molar refractivity (Wildman–Crippen MR) is 101 cm³/mol. The molecule has 0 saturated heterocycles. The van der Waals surface area contributed by atoms with Crippen LogP contribution in [0.5, 0.6) is 11.5 Å². The molecule has 0 aromatic heterocycles. The van der Waals surface area contributed by atoms with Crippen LogP contribution < -0.4 is 9.47 Å². The van der Waals surface area contributed by atoms with Crippen molar-refractivity contribution in [3.05, 3.63) is 71.8 Å². The molecule has 0 saturated carbocycles. The summed E-state index contributed by atoms with van der Waals surface area (Å²) in [6, 6.07) is 5.88. The standard InChI is InChI=1S/C22H10F12O2/c23-19(24,25)17-10-16(12-4-2-6-14(8-12)36-22(32,33)34)18(20(26,27)28)9-15(17)11-3-1-5-13(7-11)35-21(29,30)31/h1-10H. The van der Waals surface area contributed by atoms with Crippen LogP contribution in [-0.4, -0.2) is 12.7 Å². The molecule has 14 heteroatoms. The first kappa shape index (κ1) is 27.0. The molecule has 0 aliphatic heterocycles. The molecular formula is C22H10F12O2. The lowest BCUT2D eigenvalue weighted by Crippen LogP contribution is -2.17. The van der Waals surface area contributed by atoms with E-state index in [1.165, 1.54) is 0 Å². The first-order valence-corrected chi connectivity index (χ1v) is 9.38. The van der Waals surface area contributed by atoms with Crippen molar-refractivity contribution < 1.29 is 62.2 Å². The highest BCUT2D eigenvalue weighted by molar-refractivity contribution is 5.78. The normalized spacial score (nSPS) is 13.0. The number of alkyl halides is 12. The summed E-state index contributed by atoms with van der Waals surface area (Å²) in [4.78, 5) is 0. The van der Waals surface area contributed by atoms with Gasteiger partial charge in [-0.1, -0.05) is 24.3 Å². The van der Waals surface area contributed by atoms with Crippen LogP contribution >= 0.6 is 0 Å². The third-order valence-electron chi connectivity index (χ3n) is 4.53. The second kappa shape index (κ2) is 9.13. The molecule has 3 aromatic carbocycles. The maximum Gasteiger partial charge on any atom is 0.573 e. The van der Waals surface area contributed by atoms with Crippen LogP contribution in [0.15, 0.2) is 60.7 Å². The minimum Gasteiger partial charge on any atom is -0.406 e. The lowest BCUT2D eigenvalue weighted by atomic mass is 9.90. The van der Waals surface area contributed by atoms with Gasteiger partial charge in [0.2, 0.25) is 0 Å². The summed E-state index contributed by atoms with van der Waals surface area (Å²) in [6.07, 6.45) is -21.1. The Bertz CT molecular complexity index is 1140. The van der Waals surface area contributed by atoms with E-state index in [2.05, 4.69) is 9.47 Å². The van der Waals surface area contributed by atoms with Crippen LogP contribution in [0, 0.1) is 0 Å². The van der Waals surface area contributed by atoms with Gasteiger partial charge >= 0.3 is 25.1 Å². The van der Waals surface area contributed by atoms with E-state index in [0.717, 1.165) is 36.4 Å². The average Bonchev–Trinajstić information content (AvgIpc) is 2.69. The molecule has 3 aromatic rings. The van der Waals surface area contributed by atoms with Crippen molar-refractivity contribution in [2.45, 2.75) is 25.1 Å². The fourth-order valence-electron chi connectivity index (χ4n) is 3.27. The maximum absolute atomic E-state index is 13.9. The zero-order valence-corrected chi connectivity index (χ0v) is 17.1. The Morgan fingerprint density at radius 2 is 0.778 bits per heavy atom. The number of hydrogen-bond acceptors (Lipinski definition) is 2. The van der Waals surface area contributed by atoms with Crippen LogP contribution in [0.3, 0.4) is 0 Å². The van der Waals surface area contributed by atoms with E-state index < -0.39 is 70.0 Å². The first-order chi connectivity index (χ1) is 16.3. The summed E-state index contributed by atoms with van der Waals surface area (Å²) >= 11 is 0. The maximum atomic E-state index is 13.9. The summed E-state index contributed by atoms with van der Waals surface area (Å²) in [7, 11) is 0. The topological polar surface area (TPSA) is 18.5 Å². The lowest BCUT2D eigenvalue weighted by molar-refractivity contribution is -0.275. The Morgan fingerprint density at radius 3 is 1.06 bits per heavy atom. The van der Waals surface area contributed by atoms with E-state index in [0.29, 0.717) is 12.1 Å². The second-order valence-electron chi connectivity index (χ2n) is 7.09. The van der Waals surface area contributed by atoms with Crippen LogP contribution in [0.25, 0.3) is 22.3 Å². The van der Waals surface area contributed by atoms with Crippen molar-refractivity contribution in [2.75, 3.05) is 0 Å². The predicted octanol–water partition coefficient (Wildman–Crippen LogP) is 8.86. The second-order valence-corrected chi connectivity index (χ2v) is 7.09. The molecule has 0 N–H and O–H groups in total. The Balaban J connectivity index is 2.28. The fraction of sp³-hybridized carbons (Fsp3) is 0.182. The average molecular weight is 534 g/mol. The molecule has 0 aliphatic rings. The van der Waals surface area contributed by atoms with Gasteiger partial charge in [-0.15, -0.1) is 26.3 Å². The quantitative estimate of drug-likeness (QED) is 0.312. The molecule has 0 fully saturated rings. The van der Waals surface area contributed by atoms with E-state index in [4.69, 9.17) is 0 Å². The minimum absolute atomic E-state index is 0.0577. The van der Waals surface area contributed by atoms with Gasteiger partial charge in [0, 0.05) is 0 Å². The van der Waals surface area contributed by atoms with E-state index in [9.17, 15) is 52.7 Å². The molecule has 3 rings (SSSR count). The zero-order valence-electron chi connectivity index (χ0n) is 17.1. The minimum atomic E-state index is -5.31. The summed E-state index contributed by atoms with van der Waals surface area (Å²) in [5.74, 6) is -1.97. The van der Waals surface area contributed by atoms with Gasteiger partial charge in [0.15, 0.2) is 0 Å². The molecule has 2 nitrogen and oxygen atoms in total. The van der Waals surface area contributed by atoms with Crippen LogP contribution in [0.4, 0.5) is 52.7 Å². The Labute approximate surface area is 193 Å². The third-order valence-corrected chi connectivity index (χ3v) is 4.53. The van der Waals surface area contributed by atoms with E-state index >= 15 is 0 Å². The summed E-state index contributed by atoms with van der Waals surface area (Å²) in [5, 5.41) is 0. The highest BCUT2D eigenvalue weighted by Crippen LogP contribution is 2.46. The van der Waals surface area contributed by atoms with Crippen LogP contribution in [-0.2, 0) is 12.4 Å². The molecule has 0 atom stereocenters. The molecule has 0 unspecified atom stereocenters. The van der Waals surface area contributed by atoms with Gasteiger partial charge in [0.05, 0.1) is 11.1 Å². The van der Waals surface area contributed by atoms with Crippen molar-refractivity contribution in [1.29, 1.82) is 0 Å². The van der Waals surface area contributed by atoms with E-state index in [1.54, 1.807) is 0 Å². The van der Waals surface area contributed by atoms with Gasteiger partial charge in [-0.05, 0) is 58.7 Å². The molecule has 36 heavy (non-hydrogen) atoms. The van der Waals surface area contributed by atoms with Gasteiger partial charge in [-0.3, -0.25) is 0 Å². The van der Waals surface area contributed by atoms with Gasteiger partial charge in [0.25, 0.3) is 0 Å². The summed E-state index contributed by atoms with van der Waals surface area (Å²) in [5.41, 5.74) is -7.00. The molecule has 0 bridgehead atoms. The SMILES string of the molecule is FC(F)(F)Oc1cccc(-c2cc(C(F)(F)F)c(-c3cccc(OC(F)(F)F)c3)cc2C(F)(F)F)c1. The molecule has 0 radical (unpaired) electrons. The fourth-order valence-corrected chi connectivity index (χ4v) is 3.27. The Morgan fingerprint density at radius 1 is 0.444 bits per heavy atom. The van der Waals surface area contributed by atoms with Crippen molar-refractivity contribution in [2.24, 2.45) is 0 Å². The number of rotatable bonds is 4. The first-order valence-electron chi connectivity index (χ1n) is 9.38.